The fourth-order valence-electron chi connectivity index (χ4n) is 2.73. The average molecular weight is 335 g/mol. The summed E-state index contributed by atoms with van der Waals surface area (Å²) in [6, 6.07) is 1.86. The maximum Gasteiger partial charge on any atom is 0.234 e. The Morgan fingerprint density at radius 3 is 1.88 bits per heavy atom. The SMILES string of the molecule is CCCCCCCCC=CCCCCCCCCNC(=O)CC#N. The molecule has 0 aromatic rings. The first kappa shape index (κ1) is 22.7. The van der Waals surface area contributed by atoms with Gasteiger partial charge < -0.3 is 5.32 Å². The fourth-order valence-corrected chi connectivity index (χ4v) is 2.73. The maximum atomic E-state index is 11.1. The Labute approximate surface area is 149 Å². The second-order valence-corrected chi connectivity index (χ2v) is 6.62. The van der Waals surface area contributed by atoms with Crippen molar-refractivity contribution in [1.82, 2.24) is 5.32 Å². The molecule has 0 aromatic heterocycles. The summed E-state index contributed by atoms with van der Waals surface area (Å²) in [4.78, 5) is 11.1. The molecule has 0 heterocycles. The van der Waals surface area contributed by atoms with Crippen LogP contribution in [0, 0.1) is 11.3 Å². The highest BCUT2D eigenvalue weighted by Gasteiger charge is 1.97. The van der Waals surface area contributed by atoms with E-state index < -0.39 is 0 Å². The topological polar surface area (TPSA) is 52.9 Å². The van der Waals surface area contributed by atoms with Gasteiger partial charge in [0.15, 0.2) is 0 Å². The van der Waals surface area contributed by atoms with Crippen LogP contribution in [0.25, 0.3) is 0 Å². The normalized spacial score (nSPS) is 10.8. The third-order valence-electron chi connectivity index (χ3n) is 4.25. The molecule has 0 unspecified atom stereocenters. The molecule has 0 bridgehead atoms. The Morgan fingerprint density at radius 1 is 0.833 bits per heavy atom. The molecule has 3 nitrogen and oxygen atoms in total. The van der Waals surface area contributed by atoms with Crippen molar-refractivity contribution in [2.75, 3.05) is 6.54 Å². The summed E-state index contributed by atoms with van der Waals surface area (Å²) in [6.45, 7) is 2.97. The molecule has 138 valence electrons. The Morgan fingerprint density at radius 2 is 1.33 bits per heavy atom. The second-order valence-electron chi connectivity index (χ2n) is 6.62. The molecule has 1 amide bonds. The third kappa shape index (κ3) is 18.7. The van der Waals surface area contributed by atoms with Gasteiger partial charge in [-0.05, 0) is 32.1 Å². The first-order valence-electron chi connectivity index (χ1n) is 10.1. The van der Waals surface area contributed by atoms with E-state index in [9.17, 15) is 4.79 Å². The summed E-state index contributed by atoms with van der Waals surface area (Å²) in [5, 5.41) is 11.1. The van der Waals surface area contributed by atoms with Gasteiger partial charge in [-0.3, -0.25) is 4.79 Å². The van der Waals surface area contributed by atoms with Crippen molar-refractivity contribution >= 4 is 5.91 Å². The lowest BCUT2D eigenvalue weighted by molar-refractivity contribution is -0.120. The van der Waals surface area contributed by atoms with Crippen molar-refractivity contribution in [3.05, 3.63) is 12.2 Å². The molecule has 1 N–H and O–H groups in total. The van der Waals surface area contributed by atoms with Crippen molar-refractivity contribution in [2.45, 2.75) is 103 Å². The lowest BCUT2D eigenvalue weighted by Gasteiger charge is -2.03. The summed E-state index contributed by atoms with van der Waals surface area (Å²) in [5.41, 5.74) is 0. The van der Waals surface area contributed by atoms with Gasteiger partial charge in [0, 0.05) is 6.54 Å². The molecule has 0 aliphatic carbocycles. The molecule has 0 fully saturated rings. The van der Waals surface area contributed by atoms with Crippen LogP contribution < -0.4 is 5.32 Å². The number of carbonyl (C=O) groups is 1. The molecule has 0 saturated carbocycles. The summed E-state index contributed by atoms with van der Waals surface area (Å²) in [7, 11) is 0. The van der Waals surface area contributed by atoms with Crippen molar-refractivity contribution in [3.8, 4) is 6.07 Å². The number of amides is 1. The van der Waals surface area contributed by atoms with Crippen LogP contribution in [-0.4, -0.2) is 12.5 Å². The predicted octanol–water partition coefficient (Wildman–Crippen LogP) is 6.05. The van der Waals surface area contributed by atoms with E-state index in [1.807, 2.05) is 6.07 Å². The lowest BCUT2D eigenvalue weighted by atomic mass is 10.1. The first-order chi connectivity index (χ1) is 11.8. The van der Waals surface area contributed by atoms with Crippen LogP contribution in [0.4, 0.5) is 0 Å². The van der Waals surface area contributed by atoms with Crippen LogP contribution in [-0.2, 0) is 4.79 Å². The van der Waals surface area contributed by atoms with E-state index in [2.05, 4.69) is 24.4 Å². The number of allylic oxidation sites excluding steroid dienone is 2. The highest BCUT2D eigenvalue weighted by atomic mass is 16.1. The number of rotatable bonds is 17. The van der Waals surface area contributed by atoms with Gasteiger partial charge in [0.05, 0.1) is 6.07 Å². The van der Waals surface area contributed by atoms with E-state index in [1.165, 1.54) is 83.5 Å². The largest absolute Gasteiger partial charge is 0.355 e. The van der Waals surface area contributed by atoms with E-state index in [-0.39, 0.29) is 12.3 Å². The summed E-state index contributed by atoms with van der Waals surface area (Å²) >= 11 is 0. The van der Waals surface area contributed by atoms with Crippen LogP contribution >= 0.6 is 0 Å². The maximum absolute atomic E-state index is 11.1. The van der Waals surface area contributed by atoms with Crippen LogP contribution in [0.2, 0.25) is 0 Å². The zero-order valence-corrected chi connectivity index (χ0v) is 15.8. The molecule has 0 radical (unpaired) electrons. The van der Waals surface area contributed by atoms with Crippen molar-refractivity contribution in [3.63, 3.8) is 0 Å². The molecule has 0 spiro atoms. The van der Waals surface area contributed by atoms with Crippen molar-refractivity contribution in [1.29, 1.82) is 5.26 Å². The standard InChI is InChI=1S/C21H38N2O/c1-2-3-4-5-6-7-8-9-10-11-12-13-14-15-16-17-20-23-21(24)18-19-22/h9-10H,2-8,11-18,20H2,1H3,(H,23,24). The van der Waals surface area contributed by atoms with Gasteiger partial charge >= 0.3 is 0 Å². The van der Waals surface area contributed by atoms with E-state index >= 15 is 0 Å². The fraction of sp³-hybridized carbons (Fsp3) is 0.810. The van der Waals surface area contributed by atoms with Gasteiger partial charge in [-0.1, -0.05) is 76.9 Å². The number of nitrogens with one attached hydrogen (secondary N) is 1. The molecule has 0 aliphatic heterocycles. The second kappa shape index (κ2) is 19.7. The van der Waals surface area contributed by atoms with E-state index in [1.54, 1.807) is 0 Å². The van der Waals surface area contributed by atoms with E-state index in [0.29, 0.717) is 6.54 Å². The molecule has 0 rings (SSSR count). The molecule has 24 heavy (non-hydrogen) atoms. The molecule has 0 saturated heterocycles. The Balaban J connectivity index is 3.13. The number of hydrogen-bond acceptors (Lipinski definition) is 2. The van der Waals surface area contributed by atoms with Crippen LogP contribution in [0.1, 0.15) is 103 Å². The summed E-state index contributed by atoms with van der Waals surface area (Å²) in [6.07, 6.45) is 22.8. The molecule has 3 heteroatoms. The Bertz CT molecular complexity index is 344. The van der Waals surface area contributed by atoms with Gasteiger partial charge in [-0.25, -0.2) is 0 Å². The highest BCUT2D eigenvalue weighted by Crippen LogP contribution is 2.09. The zero-order chi connectivity index (χ0) is 17.7. The zero-order valence-electron chi connectivity index (χ0n) is 15.8. The number of nitriles is 1. The van der Waals surface area contributed by atoms with Gasteiger partial charge in [-0.2, -0.15) is 5.26 Å². The molecule has 0 aromatic carbocycles. The number of unbranched alkanes of at least 4 members (excludes halogenated alkanes) is 12. The summed E-state index contributed by atoms with van der Waals surface area (Å²) < 4.78 is 0. The average Bonchev–Trinajstić information content (AvgIpc) is 2.58. The number of nitrogens with zero attached hydrogens (tertiary/aromatic N) is 1. The minimum absolute atomic E-state index is 0.0215. The molecular formula is C21H38N2O. The summed E-state index contributed by atoms with van der Waals surface area (Å²) in [5.74, 6) is -0.148. The molecule has 0 atom stereocenters. The predicted molar refractivity (Wildman–Crippen MR) is 103 cm³/mol. The minimum Gasteiger partial charge on any atom is -0.355 e. The van der Waals surface area contributed by atoms with Gasteiger partial charge in [0.2, 0.25) is 5.91 Å². The third-order valence-corrected chi connectivity index (χ3v) is 4.25. The quantitative estimate of drug-likeness (QED) is 0.260. The highest BCUT2D eigenvalue weighted by molar-refractivity contribution is 5.77. The lowest BCUT2D eigenvalue weighted by Crippen LogP contribution is -2.23. The first-order valence-corrected chi connectivity index (χ1v) is 10.1. The van der Waals surface area contributed by atoms with Crippen LogP contribution in [0.15, 0.2) is 12.2 Å². The van der Waals surface area contributed by atoms with Crippen LogP contribution in [0.3, 0.4) is 0 Å². The van der Waals surface area contributed by atoms with Gasteiger partial charge in [0.1, 0.15) is 6.42 Å². The van der Waals surface area contributed by atoms with E-state index in [4.69, 9.17) is 5.26 Å². The monoisotopic (exact) mass is 334 g/mol. The Kier molecular flexibility index (Phi) is 18.7. The smallest absolute Gasteiger partial charge is 0.234 e. The van der Waals surface area contributed by atoms with Crippen molar-refractivity contribution < 1.29 is 4.79 Å². The van der Waals surface area contributed by atoms with Crippen molar-refractivity contribution in [2.24, 2.45) is 0 Å². The van der Waals surface area contributed by atoms with E-state index in [0.717, 1.165) is 6.42 Å². The molecular weight excluding hydrogens is 296 g/mol. The molecule has 0 aliphatic rings. The van der Waals surface area contributed by atoms with Gasteiger partial charge in [-0.15, -0.1) is 0 Å². The minimum atomic E-state index is -0.148. The number of hydrogen-bond donors (Lipinski definition) is 1. The van der Waals surface area contributed by atoms with Crippen LogP contribution in [0.5, 0.6) is 0 Å². The van der Waals surface area contributed by atoms with Gasteiger partial charge in [0.25, 0.3) is 0 Å². The Hall–Kier alpha value is -1.30. The number of carbonyl (C=O) groups excluding carboxylic acids is 1.